The number of nitrogens with one attached hydrogen (secondary N) is 2. The molecule has 196 valence electrons. The zero-order valence-electron chi connectivity index (χ0n) is 19.8. The van der Waals surface area contributed by atoms with Crippen molar-refractivity contribution in [2.24, 2.45) is 0 Å². The SMILES string of the molecule is COc1ncc(-c2ccc(CNC(=O)c3cc(=O)n(Cc4ccccc4)c(=O)[nH]3)c(OC(F)(F)F)c2)cn1. The van der Waals surface area contributed by atoms with E-state index in [0.717, 1.165) is 16.7 Å². The maximum absolute atomic E-state index is 13.1. The fraction of sp³-hybridized carbons (Fsp3) is 0.160. The van der Waals surface area contributed by atoms with Crippen LogP contribution in [0.15, 0.2) is 76.6 Å². The molecule has 0 aliphatic carbocycles. The topological polar surface area (TPSA) is 128 Å². The normalized spacial score (nSPS) is 11.2. The van der Waals surface area contributed by atoms with Gasteiger partial charge in [0.15, 0.2) is 0 Å². The summed E-state index contributed by atoms with van der Waals surface area (Å²) in [7, 11) is 1.37. The summed E-state index contributed by atoms with van der Waals surface area (Å²) in [6.07, 6.45) is -2.26. The molecule has 0 saturated carbocycles. The number of amides is 1. The van der Waals surface area contributed by atoms with E-state index in [4.69, 9.17) is 4.74 Å². The third kappa shape index (κ3) is 6.43. The molecule has 10 nitrogen and oxygen atoms in total. The molecule has 2 aromatic carbocycles. The van der Waals surface area contributed by atoms with Crippen molar-refractivity contribution in [2.45, 2.75) is 19.5 Å². The highest BCUT2D eigenvalue weighted by Crippen LogP contribution is 2.31. The van der Waals surface area contributed by atoms with Crippen molar-refractivity contribution in [1.29, 1.82) is 0 Å². The zero-order chi connectivity index (χ0) is 27.3. The molecule has 0 radical (unpaired) electrons. The lowest BCUT2D eigenvalue weighted by molar-refractivity contribution is -0.274. The molecule has 0 unspecified atom stereocenters. The van der Waals surface area contributed by atoms with Gasteiger partial charge in [0.25, 0.3) is 11.5 Å². The number of aromatic amines is 1. The van der Waals surface area contributed by atoms with Gasteiger partial charge in [0.1, 0.15) is 11.4 Å². The Kier molecular flexibility index (Phi) is 7.55. The maximum Gasteiger partial charge on any atom is 0.573 e. The molecule has 0 aliphatic rings. The molecule has 2 heterocycles. The molecule has 2 N–H and O–H groups in total. The molecule has 0 aliphatic heterocycles. The Morgan fingerprint density at radius 2 is 1.74 bits per heavy atom. The lowest BCUT2D eigenvalue weighted by Crippen LogP contribution is -2.38. The van der Waals surface area contributed by atoms with Crippen molar-refractivity contribution in [3.63, 3.8) is 0 Å². The van der Waals surface area contributed by atoms with Crippen molar-refractivity contribution >= 4 is 5.91 Å². The second kappa shape index (κ2) is 11.0. The molecule has 0 saturated heterocycles. The first-order chi connectivity index (χ1) is 18.1. The molecular formula is C25H20F3N5O5. The fourth-order valence-corrected chi connectivity index (χ4v) is 3.50. The summed E-state index contributed by atoms with van der Waals surface area (Å²) < 4.78 is 49.2. The number of nitrogens with zero attached hydrogens (tertiary/aromatic N) is 3. The van der Waals surface area contributed by atoms with Gasteiger partial charge in [-0.15, -0.1) is 13.2 Å². The molecule has 2 aromatic heterocycles. The van der Waals surface area contributed by atoms with Crippen LogP contribution >= 0.6 is 0 Å². The minimum atomic E-state index is -5.00. The molecule has 38 heavy (non-hydrogen) atoms. The average molecular weight is 527 g/mol. The van der Waals surface area contributed by atoms with E-state index in [2.05, 4.69) is 25.0 Å². The fourth-order valence-electron chi connectivity index (χ4n) is 3.50. The van der Waals surface area contributed by atoms with Crippen LogP contribution in [-0.2, 0) is 13.1 Å². The number of rotatable bonds is 8. The second-order valence-corrected chi connectivity index (χ2v) is 7.91. The Bertz CT molecular complexity index is 1520. The number of aromatic nitrogens is 4. The monoisotopic (exact) mass is 527 g/mol. The van der Waals surface area contributed by atoms with Crippen LogP contribution in [0.2, 0.25) is 0 Å². The van der Waals surface area contributed by atoms with Crippen LogP contribution in [0.25, 0.3) is 11.1 Å². The van der Waals surface area contributed by atoms with Gasteiger partial charge in [-0.2, -0.15) is 0 Å². The molecule has 13 heteroatoms. The minimum Gasteiger partial charge on any atom is -0.467 e. The average Bonchev–Trinajstić information content (AvgIpc) is 2.89. The molecule has 0 bridgehead atoms. The Labute approximate surface area is 212 Å². The summed E-state index contributed by atoms with van der Waals surface area (Å²) in [5.74, 6) is -1.42. The number of hydrogen-bond acceptors (Lipinski definition) is 7. The number of benzene rings is 2. The summed E-state index contributed by atoms with van der Waals surface area (Å²) in [6.45, 7) is -0.389. The Morgan fingerprint density at radius 3 is 2.37 bits per heavy atom. The van der Waals surface area contributed by atoms with E-state index in [1.807, 2.05) is 0 Å². The molecule has 4 rings (SSSR count). The zero-order valence-corrected chi connectivity index (χ0v) is 19.8. The highest BCUT2D eigenvalue weighted by molar-refractivity contribution is 5.92. The summed E-state index contributed by atoms with van der Waals surface area (Å²) in [4.78, 5) is 47.7. The smallest absolute Gasteiger partial charge is 0.467 e. The molecule has 0 fully saturated rings. The van der Waals surface area contributed by atoms with E-state index in [1.54, 1.807) is 30.3 Å². The quantitative estimate of drug-likeness (QED) is 0.361. The van der Waals surface area contributed by atoms with Gasteiger partial charge in [0.05, 0.1) is 13.7 Å². The highest BCUT2D eigenvalue weighted by atomic mass is 19.4. The van der Waals surface area contributed by atoms with Crippen molar-refractivity contribution in [2.75, 3.05) is 7.11 Å². The van der Waals surface area contributed by atoms with Crippen molar-refractivity contribution < 1.29 is 27.4 Å². The molecular weight excluding hydrogens is 507 g/mol. The first-order valence-electron chi connectivity index (χ1n) is 11.0. The lowest BCUT2D eigenvalue weighted by atomic mass is 10.1. The van der Waals surface area contributed by atoms with Gasteiger partial charge in [-0.25, -0.2) is 14.8 Å². The van der Waals surface area contributed by atoms with E-state index in [0.29, 0.717) is 16.7 Å². The van der Waals surface area contributed by atoms with Gasteiger partial charge >= 0.3 is 18.1 Å². The van der Waals surface area contributed by atoms with Crippen LogP contribution in [-0.4, -0.2) is 38.9 Å². The van der Waals surface area contributed by atoms with Crippen LogP contribution < -0.4 is 26.0 Å². The third-order valence-electron chi connectivity index (χ3n) is 5.33. The Hall–Kier alpha value is -4.94. The predicted molar refractivity (Wildman–Crippen MR) is 129 cm³/mol. The standard InChI is InChI=1S/C25H20F3N5O5/c1-37-23-30-12-18(13-31-23)16-7-8-17(20(9-16)38-25(26,27)28)11-29-22(35)19-10-21(34)33(24(36)32-19)14-15-5-3-2-4-6-15/h2-10,12-13H,11,14H2,1H3,(H,29,35)(H,32,36). The van der Waals surface area contributed by atoms with Crippen LogP contribution in [0, 0.1) is 0 Å². The summed E-state index contributed by atoms with van der Waals surface area (Å²) in [5, 5.41) is 2.39. The number of carbonyl (C=O) groups is 1. The van der Waals surface area contributed by atoms with E-state index in [1.165, 1.54) is 31.6 Å². The number of ether oxygens (including phenoxy) is 2. The third-order valence-corrected chi connectivity index (χ3v) is 5.33. The van der Waals surface area contributed by atoms with E-state index >= 15 is 0 Å². The molecule has 0 spiro atoms. The number of H-pyrrole nitrogens is 1. The van der Waals surface area contributed by atoms with Crippen LogP contribution in [0.3, 0.4) is 0 Å². The van der Waals surface area contributed by atoms with Gasteiger partial charge in [-0.3, -0.25) is 14.2 Å². The Morgan fingerprint density at radius 1 is 1.03 bits per heavy atom. The first-order valence-corrected chi connectivity index (χ1v) is 11.0. The van der Waals surface area contributed by atoms with Crippen molar-refractivity contribution in [1.82, 2.24) is 24.8 Å². The van der Waals surface area contributed by atoms with Crippen molar-refractivity contribution in [3.05, 3.63) is 105 Å². The second-order valence-electron chi connectivity index (χ2n) is 7.91. The van der Waals surface area contributed by atoms with Crippen LogP contribution in [0.1, 0.15) is 21.6 Å². The lowest BCUT2D eigenvalue weighted by Gasteiger charge is -2.15. The van der Waals surface area contributed by atoms with Gasteiger partial charge in [0.2, 0.25) is 0 Å². The predicted octanol–water partition coefficient (Wildman–Crippen LogP) is 2.88. The number of hydrogen-bond donors (Lipinski definition) is 2. The number of halogens is 3. The van der Waals surface area contributed by atoms with Crippen LogP contribution in [0.5, 0.6) is 11.8 Å². The number of methoxy groups -OCH3 is 1. The maximum atomic E-state index is 13.1. The van der Waals surface area contributed by atoms with Gasteiger partial charge in [0, 0.05) is 36.1 Å². The number of carbonyl (C=O) groups excluding carboxylic acids is 1. The van der Waals surface area contributed by atoms with E-state index in [-0.39, 0.29) is 23.8 Å². The van der Waals surface area contributed by atoms with Crippen LogP contribution in [0.4, 0.5) is 13.2 Å². The largest absolute Gasteiger partial charge is 0.573 e. The number of alkyl halides is 3. The van der Waals surface area contributed by atoms with Gasteiger partial charge in [-0.1, -0.05) is 42.5 Å². The van der Waals surface area contributed by atoms with Gasteiger partial charge in [-0.05, 0) is 17.2 Å². The summed E-state index contributed by atoms with van der Waals surface area (Å²) in [6, 6.07) is 13.8. The van der Waals surface area contributed by atoms with E-state index < -0.39 is 35.8 Å². The van der Waals surface area contributed by atoms with E-state index in [9.17, 15) is 27.6 Å². The highest BCUT2D eigenvalue weighted by Gasteiger charge is 2.32. The minimum absolute atomic E-state index is 0.000626. The molecule has 4 aromatic rings. The van der Waals surface area contributed by atoms with Crippen molar-refractivity contribution in [3.8, 4) is 22.9 Å². The van der Waals surface area contributed by atoms with Gasteiger partial charge < -0.3 is 19.8 Å². The Balaban J connectivity index is 1.53. The molecule has 1 amide bonds. The first kappa shape index (κ1) is 26.1. The summed E-state index contributed by atoms with van der Waals surface area (Å²) in [5.41, 5.74) is -0.425. The molecule has 0 atom stereocenters. The summed E-state index contributed by atoms with van der Waals surface area (Å²) >= 11 is 0.